The molecule has 1 unspecified atom stereocenters. The van der Waals surface area contributed by atoms with Crippen LogP contribution in [0.3, 0.4) is 0 Å². The van der Waals surface area contributed by atoms with E-state index in [0.29, 0.717) is 18.7 Å². The normalized spacial score (nSPS) is 23.6. The molecule has 2 fully saturated rings. The van der Waals surface area contributed by atoms with E-state index in [2.05, 4.69) is 11.9 Å². The molecule has 1 amide bonds. The molecule has 2 heterocycles. The van der Waals surface area contributed by atoms with Crippen molar-refractivity contribution >= 4 is 15.9 Å². The summed E-state index contributed by atoms with van der Waals surface area (Å²) < 4.78 is 27.4. The summed E-state index contributed by atoms with van der Waals surface area (Å²) in [6, 6.07) is 6.49. The predicted octanol–water partition coefficient (Wildman–Crippen LogP) is 2.03. The molecule has 0 aliphatic carbocycles. The lowest BCUT2D eigenvalue weighted by Gasteiger charge is -2.32. The van der Waals surface area contributed by atoms with Gasteiger partial charge in [-0.15, -0.1) is 0 Å². The molecule has 6 nitrogen and oxygen atoms in total. The number of hydrogen-bond donors (Lipinski definition) is 0. The van der Waals surface area contributed by atoms with Crippen molar-refractivity contribution in [2.45, 2.75) is 43.5 Å². The lowest BCUT2D eigenvalue weighted by molar-refractivity contribution is 0.0762. The van der Waals surface area contributed by atoms with E-state index in [-0.39, 0.29) is 16.8 Å². The van der Waals surface area contributed by atoms with Crippen LogP contribution in [-0.2, 0) is 10.0 Å². The van der Waals surface area contributed by atoms with Gasteiger partial charge in [0.25, 0.3) is 5.91 Å². The van der Waals surface area contributed by atoms with Crippen LogP contribution >= 0.6 is 0 Å². The Morgan fingerprint density at radius 2 is 1.69 bits per heavy atom. The summed E-state index contributed by atoms with van der Waals surface area (Å²) in [4.78, 5) is 17.1. The Morgan fingerprint density at radius 1 is 0.962 bits per heavy atom. The standard InChI is InChI=1S/C19H29N3O3S/c1-16-6-3-4-13-22(16)26(24,25)18-9-7-17(8-10-18)19(23)21-12-5-11-20(2)14-15-21/h7-10,16H,3-6,11-15H2,1-2H3. The maximum absolute atomic E-state index is 12.9. The Kier molecular flexibility index (Phi) is 5.99. The highest BCUT2D eigenvalue weighted by Crippen LogP contribution is 2.25. The van der Waals surface area contributed by atoms with Crippen LogP contribution in [0.2, 0.25) is 0 Å². The minimum Gasteiger partial charge on any atom is -0.337 e. The summed E-state index contributed by atoms with van der Waals surface area (Å²) in [7, 11) is -1.43. The van der Waals surface area contributed by atoms with Crippen LogP contribution in [0.5, 0.6) is 0 Å². The molecule has 0 spiro atoms. The molecule has 144 valence electrons. The lowest BCUT2D eigenvalue weighted by atomic mass is 10.1. The van der Waals surface area contributed by atoms with E-state index in [1.165, 1.54) is 0 Å². The molecule has 1 atom stereocenters. The Hall–Kier alpha value is -1.44. The Bertz CT molecular complexity index is 733. The highest BCUT2D eigenvalue weighted by molar-refractivity contribution is 7.89. The topological polar surface area (TPSA) is 60.9 Å². The van der Waals surface area contributed by atoms with Gasteiger partial charge in [0, 0.05) is 37.8 Å². The molecule has 2 aliphatic heterocycles. The predicted molar refractivity (Wildman–Crippen MR) is 102 cm³/mol. The SMILES string of the molecule is CC1CCCCN1S(=O)(=O)c1ccc(C(=O)N2CCCN(C)CC2)cc1. The Morgan fingerprint density at radius 3 is 2.38 bits per heavy atom. The molecule has 0 saturated carbocycles. The van der Waals surface area contributed by atoms with Gasteiger partial charge in [-0.25, -0.2) is 8.42 Å². The van der Waals surface area contributed by atoms with Crippen molar-refractivity contribution in [2.75, 3.05) is 39.8 Å². The van der Waals surface area contributed by atoms with Crippen molar-refractivity contribution in [3.05, 3.63) is 29.8 Å². The molecule has 3 rings (SSSR count). The first-order chi connectivity index (χ1) is 12.4. The third kappa shape index (κ3) is 4.10. The van der Waals surface area contributed by atoms with Crippen LogP contribution in [0.25, 0.3) is 0 Å². The van der Waals surface area contributed by atoms with E-state index in [1.54, 1.807) is 28.6 Å². The molecule has 7 heteroatoms. The molecular formula is C19H29N3O3S. The average Bonchev–Trinajstić information content (AvgIpc) is 2.86. The molecule has 2 aliphatic rings. The van der Waals surface area contributed by atoms with Crippen LogP contribution in [0.15, 0.2) is 29.2 Å². The monoisotopic (exact) mass is 379 g/mol. The number of piperidine rings is 1. The summed E-state index contributed by atoms with van der Waals surface area (Å²) >= 11 is 0. The first-order valence-electron chi connectivity index (χ1n) is 9.49. The number of carbonyl (C=O) groups is 1. The van der Waals surface area contributed by atoms with Crippen LogP contribution < -0.4 is 0 Å². The van der Waals surface area contributed by atoms with Crippen molar-refractivity contribution in [3.8, 4) is 0 Å². The second kappa shape index (κ2) is 8.06. The van der Waals surface area contributed by atoms with Crippen LogP contribution in [0.4, 0.5) is 0 Å². The minimum atomic E-state index is -3.49. The fourth-order valence-corrected chi connectivity index (χ4v) is 5.47. The number of likely N-dealkylation sites (N-methyl/N-ethyl adjacent to an activating group) is 1. The number of sulfonamides is 1. The average molecular weight is 380 g/mol. The van der Waals surface area contributed by atoms with Gasteiger partial charge in [0.15, 0.2) is 0 Å². The number of benzene rings is 1. The lowest BCUT2D eigenvalue weighted by Crippen LogP contribution is -2.41. The van der Waals surface area contributed by atoms with Gasteiger partial charge in [-0.1, -0.05) is 6.42 Å². The maximum Gasteiger partial charge on any atom is 0.253 e. The maximum atomic E-state index is 12.9. The summed E-state index contributed by atoms with van der Waals surface area (Å²) in [5.41, 5.74) is 0.556. The van der Waals surface area contributed by atoms with Gasteiger partial charge in [-0.05, 0) is 64.0 Å². The number of carbonyl (C=O) groups excluding carboxylic acids is 1. The molecule has 0 aromatic heterocycles. The molecule has 1 aromatic rings. The number of nitrogens with zero attached hydrogens (tertiary/aromatic N) is 3. The highest BCUT2D eigenvalue weighted by Gasteiger charge is 2.31. The van der Waals surface area contributed by atoms with E-state index in [9.17, 15) is 13.2 Å². The van der Waals surface area contributed by atoms with Crippen LogP contribution in [-0.4, -0.2) is 74.2 Å². The van der Waals surface area contributed by atoms with Gasteiger partial charge < -0.3 is 9.80 Å². The second-order valence-electron chi connectivity index (χ2n) is 7.43. The van der Waals surface area contributed by atoms with E-state index in [1.807, 2.05) is 11.8 Å². The summed E-state index contributed by atoms with van der Waals surface area (Å²) in [5.74, 6) is -0.0180. The van der Waals surface area contributed by atoms with Crippen molar-refractivity contribution in [1.82, 2.24) is 14.1 Å². The van der Waals surface area contributed by atoms with Gasteiger partial charge in [0.05, 0.1) is 4.90 Å². The molecule has 0 N–H and O–H groups in total. The fourth-order valence-electron chi connectivity index (χ4n) is 3.77. The van der Waals surface area contributed by atoms with Crippen molar-refractivity contribution in [3.63, 3.8) is 0 Å². The van der Waals surface area contributed by atoms with Gasteiger partial charge in [0.1, 0.15) is 0 Å². The fraction of sp³-hybridized carbons (Fsp3) is 0.632. The zero-order valence-electron chi connectivity index (χ0n) is 15.7. The number of hydrogen-bond acceptors (Lipinski definition) is 4. The van der Waals surface area contributed by atoms with E-state index < -0.39 is 10.0 Å². The zero-order valence-corrected chi connectivity index (χ0v) is 16.5. The van der Waals surface area contributed by atoms with Crippen molar-refractivity contribution in [2.24, 2.45) is 0 Å². The Balaban J connectivity index is 1.74. The van der Waals surface area contributed by atoms with E-state index in [0.717, 1.165) is 45.3 Å². The van der Waals surface area contributed by atoms with Crippen LogP contribution in [0.1, 0.15) is 43.0 Å². The molecular weight excluding hydrogens is 350 g/mol. The first-order valence-corrected chi connectivity index (χ1v) is 10.9. The summed E-state index contributed by atoms with van der Waals surface area (Å²) in [6.45, 7) is 5.85. The second-order valence-corrected chi connectivity index (χ2v) is 9.32. The summed E-state index contributed by atoms with van der Waals surface area (Å²) in [6.07, 6.45) is 3.84. The van der Waals surface area contributed by atoms with Crippen molar-refractivity contribution < 1.29 is 13.2 Å². The molecule has 0 bridgehead atoms. The van der Waals surface area contributed by atoms with Crippen molar-refractivity contribution in [1.29, 1.82) is 0 Å². The number of rotatable bonds is 3. The minimum absolute atomic E-state index is 0.0180. The summed E-state index contributed by atoms with van der Waals surface area (Å²) in [5, 5.41) is 0. The third-order valence-corrected chi connectivity index (χ3v) is 7.48. The smallest absolute Gasteiger partial charge is 0.253 e. The van der Waals surface area contributed by atoms with Gasteiger partial charge in [-0.3, -0.25) is 4.79 Å². The van der Waals surface area contributed by atoms with Crippen LogP contribution in [0, 0.1) is 0 Å². The zero-order chi connectivity index (χ0) is 18.7. The largest absolute Gasteiger partial charge is 0.337 e. The number of amides is 1. The molecule has 0 radical (unpaired) electrons. The van der Waals surface area contributed by atoms with Gasteiger partial charge in [-0.2, -0.15) is 4.31 Å². The Labute approximate surface area is 156 Å². The highest BCUT2D eigenvalue weighted by atomic mass is 32.2. The first kappa shape index (κ1) is 19.3. The van der Waals surface area contributed by atoms with Gasteiger partial charge in [0.2, 0.25) is 10.0 Å². The van der Waals surface area contributed by atoms with E-state index >= 15 is 0 Å². The third-order valence-electron chi connectivity index (χ3n) is 5.46. The van der Waals surface area contributed by atoms with Gasteiger partial charge >= 0.3 is 0 Å². The quantitative estimate of drug-likeness (QED) is 0.806. The molecule has 26 heavy (non-hydrogen) atoms. The molecule has 1 aromatic carbocycles. The molecule has 2 saturated heterocycles. The van der Waals surface area contributed by atoms with E-state index in [4.69, 9.17) is 0 Å².